The molecule has 0 aliphatic heterocycles. The van der Waals surface area contributed by atoms with Gasteiger partial charge in [-0.1, -0.05) is 41.9 Å². The average Bonchev–Trinajstić information content (AvgIpc) is 2.87. The number of esters is 1. The van der Waals surface area contributed by atoms with Crippen molar-refractivity contribution in [3.05, 3.63) is 105 Å². The molecule has 3 aromatic rings. The number of halogens is 1. The molecule has 0 saturated heterocycles. The highest BCUT2D eigenvalue weighted by atomic mass is 35.5. The summed E-state index contributed by atoms with van der Waals surface area (Å²) in [7, 11) is 0. The molecule has 0 spiro atoms. The number of hydrazone groups is 1. The minimum atomic E-state index is -0.747. The van der Waals surface area contributed by atoms with Crippen LogP contribution in [0.15, 0.2) is 77.9 Å². The van der Waals surface area contributed by atoms with Gasteiger partial charge < -0.3 is 10.1 Å². The van der Waals surface area contributed by atoms with Crippen LogP contribution in [0.25, 0.3) is 0 Å². The lowest BCUT2D eigenvalue weighted by molar-refractivity contribution is -0.384. The summed E-state index contributed by atoms with van der Waals surface area (Å²) >= 11 is 5.98. The number of hydrogen-bond acceptors (Lipinski definition) is 7. The molecule has 0 aromatic heterocycles. The number of amides is 2. The molecule has 0 radical (unpaired) electrons. The predicted molar refractivity (Wildman–Crippen MR) is 133 cm³/mol. The van der Waals surface area contributed by atoms with Gasteiger partial charge in [0.25, 0.3) is 11.6 Å². The number of carbonyl (C=O) groups is 3. The second-order valence-corrected chi connectivity index (χ2v) is 7.81. The Morgan fingerprint density at radius 1 is 1.03 bits per heavy atom. The highest BCUT2D eigenvalue weighted by molar-refractivity contribution is 6.33. The molecule has 0 saturated carbocycles. The summed E-state index contributed by atoms with van der Waals surface area (Å²) in [6.07, 6.45) is 1.92. The van der Waals surface area contributed by atoms with E-state index in [0.717, 1.165) is 6.07 Å². The van der Waals surface area contributed by atoms with Gasteiger partial charge in [0.2, 0.25) is 5.91 Å². The number of rotatable bonds is 10. The van der Waals surface area contributed by atoms with Crippen molar-refractivity contribution in [1.29, 1.82) is 0 Å². The Bertz CT molecular complexity index is 1310. The lowest BCUT2D eigenvalue weighted by atomic mass is 10.2. The number of non-ortho nitro benzene ring substituents is 1. The van der Waals surface area contributed by atoms with Gasteiger partial charge in [0.05, 0.1) is 27.3 Å². The average molecular weight is 509 g/mol. The molecule has 11 heteroatoms. The normalized spacial score (nSPS) is 10.6. The molecule has 0 aliphatic rings. The maximum absolute atomic E-state index is 12.3. The Morgan fingerprint density at radius 3 is 2.58 bits per heavy atom. The van der Waals surface area contributed by atoms with Crippen molar-refractivity contribution >= 4 is 41.3 Å². The van der Waals surface area contributed by atoms with Crippen molar-refractivity contribution in [2.45, 2.75) is 12.8 Å². The van der Waals surface area contributed by atoms with Crippen LogP contribution in [0.4, 0.5) is 5.69 Å². The Labute approximate surface area is 211 Å². The molecule has 36 heavy (non-hydrogen) atoms. The first kappa shape index (κ1) is 26.0. The molecule has 10 nitrogen and oxygen atoms in total. The fraction of sp³-hybridized carbons (Fsp3) is 0.120. The van der Waals surface area contributed by atoms with Gasteiger partial charge in [0.1, 0.15) is 5.75 Å². The number of hydrogen-bond donors (Lipinski definition) is 2. The fourth-order valence-electron chi connectivity index (χ4n) is 3.00. The van der Waals surface area contributed by atoms with Crippen LogP contribution in [0.2, 0.25) is 5.02 Å². The van der Waals surface area contributed by atoms with E-state index in [1.165, 1.54) is 30.5 Å². The van der Waals surface area contributed by atoms with Crippen LogP contribution < -0.4 is 15.5 Å². The van der Waals surface area contributed by atoms with E-state index in [2.05, 4.69) is 15.8 Å². The van der Waals surface area contributed by atoms with Crippen LogP contribution in [0.1, 0.15) is 39.1 Å². The van der Waals surface area contributed by atoms with E-state index >= 15 is 0 Å². The summed E-state index contributed by atoms with van der Waals surface area (Å²) in [5.41, 5.74) is 3.12. The third-order valence-corrected chi connectivity index (χ3v) is 5.08. The molecule has 0 fully saturated rings. The van der Waals surface area contributed by atoms with Crippen molar-refractivity contribution in [1.82, 2.24) is 10.7 Å². The molecule has 0 bridgehead atoms. The van der Waals surface area contributed by atoms with E-state index in [0.29, 0.717) is 29.1 Å². The first-order valence-electron chi connectivity index (χ1n) is 10.7. The molecule has 2 N–H and O–H groups in total. The topological polar surface area (TPSA) is 140 Å². The van der Waals surface area contributed by atoms with E-state index in [1.807, 2.05) is 0 Å². The van der Waals surface area contributed by atoms with E-state index in [1.54, 1.807) is 42.5 Å². The molecule has 184 valence electrons. The van der Waals surface area contributed by atoms with Gasteiger partial charge in [-0.25, -0.2) is 10.2 Å². The summed E-state index contributed by atoms with van der Waals surface area (Å²) in [6, 6.07) is 18.3. The minimum Gasteiger partial charge on any atom is -0.423 e. The van der Waals surface area contributed by atoms with Crippen LogP contribution >= 0.6 is 11.6 Å². The molecule has 0 heterocycles. The second kappa shape index (κ2) is 12.8. The fourth-order valence-corrected chi connectivity index (χ4v) is 3.22. The third kappa shape index (κ3) is 7.74. The van der Waals surface area contributed by atoms with Crippen molar-refractivity contribution in [2.24, 2.45) is 5.10 Å². The largest absolute Gasteiger partial charge is 0.423 e. The van der Waals surface area contributed by atoms with Crippen molar-refractivity contribution in [3.8, 4) is 5.75 Å². The first-order chi connectivity index (χ1) is 17.3. The molecule has 0 atom stereocenters. The van der Waals surface area contributed by atoms with Gasteiger partial charge in [0.15, 0.2) is 0 Å². The zero-order valence-corrected chi connectivity index (χ0v) is 19.6. The van der Waals surface area contributed by atoms with Gasteiger partial charge in [-0.3, -0.25) is 19.7 Å². The van der Waals surface area contributed by atoms with E-state index < -0.39 is 10.9 Å². The molecule has 0 unspecified atom stereocenters. The van der Waals surface area contributed by atoms with Gasteiger partial charge in [-0.15, -0.1) is 0 Å². The first-order valence-corrected chi connectivity index (χ1v) is 11.1. The third-order valence-electron chi connectivity index (χ3n) is 4.75. The number of nitrogens with zero attached hydrogens (tertiary/aromatic N) is 2. The molecule has 2 amide bonds. The van der Waals surface area contributed by atoms with Gasteiger partial charge in [-0.05, 0) is 42.3 Å². The predicted octanol–water partition coefficient (Wildman–Crippen LogP) is 4.13. The number of benzene rings is 3. The Morgan fingerprint density at radius 2 is 1.81 bits per heavy atom. The lowest BCUT2D eigenvalue weighted by Gasteiger charge is -2.06. The Balaban J connectivity index is 1.44. The molecule has 0 aliphatic carbocycles. The van der Waals surface area contributed by atoms with Gasteiger partial charge >= 0.3 is 5.97 Å². The molecular weight excluding hydrogens is 488 g/mol. The highest BCUT2D eigenvalue weighted by Gasteiger charge is 2.14. The second-order valence-electron chi connectivity index (χ2n) is 7.40. The van der Waals surface area contributed by atoms with Crippen LogP contribution in [-0.2, 0) is 4.79 Å². The number of ether oxygens (including phenoxy) is 1. The standard InChI is InChI=1S/C25H21ClN4O6/c26-22-11-2-1-10-21(22)24(32)27-13-5-12-23(31)29-28-16-17-6-3-9-20(14-17)36-25(33)18-7-4-8-19(15-18)30(34)35/h1-4,6-11,14-16H,5,12-13H2,(H,27,32)(H,29,31). The van der Waals surface area contributed by atoms with E-state index in [4.69, 9.17) is 16.3 Å². The molecule has 3 rings (SSSR count). The maximum Gasteiger partial charge on any atom is 0.343 e. The van der Waals surface area contributed by atoms with Crippen molar-refractivity contribution in [2.75, 3.05) is 6.54 Å². The lowest BCUT2D eigenvalue weighted by Crippen LogP contribution is -2.26. The maximum atomic E-state index is 12.3. The van der Waals surface area contributed by atoms with Crippen LogP contribution in [0, 0.1) is 10.1 Å². The van der Waals surface area contributed by atoms with E-state index in [9.17, 15) is 24.5 Å². The van der Waals surface area contributed by atoms with Gasteiger partial charge in [0, 0.05) is 25.1 Å². The number of nitrogens with one attached hydrogen (secondary N) is 2. The van der Waals surface area contributed by atoms with Gasteiger partial charge in [-0.2, -0.15) is 5.10 Å². The number of carbonyl (C=O) groups excluding carboxylic acids is 3. The van der Waals surface area contributed by atoms with Crippen LogP contribution in [0.5, 0.6) is 5.75 Å². The summed E-state index contributed by atoms with van der Waals surface area (Å²) < 4.78 is 5.27. The molecule has 3 aromatic carbocycles. The monoisotopic (exact) mass is 508 g/mol. The van der Waals surface area contributed by atoms with Crippen molar-refractivity contribution in [3.63, 3.8) is 0 Å². The Hall–Kier alpha value is -4.57. The summed E-state index contributed by atoms with van der Waals surface area (Å²) in [4.78, 5) is 46.6. The minimum absolute atomic E-state index is 0.0404. The van der Waals surface area contributed by atoms with E-state index in [-0.39, 0.29) is 35.2 Å². The molecular formula is C25H21ClN4O6. The zero-order chi connectivity index (χ0) is 25.9. The number of nitro benzene ring substituents is 1. The number of nitro groups is 1. The quantitative estimate of drug-likeness (QED) is 0.105. The van der Waals surface area contributed by atoms with Crippen molar-refractivity contribution < 1.29 is 24.0 Å². The van der Waals surface area contributed by atoms with Crippen LogP contribution in [0.3, 0.4) is 0 Å². The smallest absolute Gasteiger partial charge is 0.343 e. The summed E-state index contributed by atoms with van der Waals surface area (Å²) in [6.45, 7) is 0.291. The highest BCUT2D eigenvalue weighted by Crippen LogP contribution is 2.18. The summed E-state index contributed by atoms with van der Waals surface area (Å²) in [5.74, 6) is -1.20. The van der Waals surface area contributed by atoms with Crippen LogP contribution in [-0.4, -0.2) is 35.5 Å². The summed E-state index contributed by atoms with van der Waals surface area (Å²) in [5, 5.41) is 17.8. The SMILES string of the molecule is O=C(CCCNC(=O)c1ccccc1Cl)NN=Cc1cccc(OC(=O)c2cccc([N+](=O)[O-])c2)c1. The Kier molecular flexibility index (Phi) is 9.24. The zero-order valence-electron chi connectivity index (χ0n) is 18.8.